The fraction of sp³-hybridized carbons (Fsp3) is 0.200. The van der Waals surface area contributed by atoms with Crippen LogP contribution in [0.2, 0.25) is 5.02 Å². The molecular weight excluding hydrogens is 308 g/mol. The molecule has 0 fully saturated rings. The summed E-state index contributed by atoms with van der Waals surface area (Å²) in [6.45, 7) is 0.888. The molecule has 0 saturated carbocycles. The Kier molecular flexibility index (Phi) is 3.89. The number of anilines is 1. The highest BCUT2D eigenvalue weighted by Gasteiger charge is 2.26. The largest absolute Gasteiger partial charge is 0.301 e. The van der Waals surface area contributed by atoms with E-state index in [0.29, 0.717) is 23.8 Å². The van der Waals surface area contributed by atoms with E-state index in [1.165, 1.54) is 9.87 Å². The second kappa shape index (κ2) is 5.67. The number of hydrogen-bond acceptors (Lipinski definition) is 2. The third-order valence-electron chi connectivity index (χ3n) is 3.53. The zero-order valence-electron chi connectivity index (χ0n) is 11.3. The molecule has 1 heterocycles. The molecule has 0 radical (unpaired) electrons. The molecule has 0 aromatic heterocycles. The molecule has 1 aliphatic rings. The number of fused-ring (bicyclic) bond motifs is 1. The van der Waals surface area contributed by atoms with E-state index in [0.717, 1.165) is 12.0 Å². The molecule has 1 N–H and O–H groups in total. The van der Waals surface area contributed by atoms with E-state index >= 15 is 0 Å². The second-order valence-corrected chi connectivity index (χ2v) is 7.07. The Bertz CT molecular complexity index is 745. The van der Waals surface area contributed by atoms with Crippen molar-refractivity contribution in [1.29, 1.82) is 0 Å². The smallest absolute Gasteiger partial charge is 0.271 e. The third kappa shape index (κ3) is 3.20. The lowest BCUT2D eigenvalue weighted by Gasteiger charge is -2.28. The zero-order valence-corrected chi connectivity index (χ0v) is 12.9. The van der Waals surface area contributed by atoms with E-state index in [4.69, 9.17) is 11.6 Å². The van der Waals surface area contributed by atoms with Crippen molar-refractivity contribution in [2.75, 3.05) is 11.3 Å². The van der Waals surface area contributed by atoms with Crippen molar-refractivity contribution < 1.29 is 8.42 Å². The highest BCUT2D eigenvalue weighted by molar-refractivity contribution is 7.90. The van der Waals surface area contributed by atoms with Crippen molar-refractivity contribution in [3.05, 3.63) is 64.7 Å². The van der Waals surface area contributed by atoms with Crippen LogP contribution in [-0.2, 0) is 23.2 Å². The van der Waals surface area contributed by atoms with Gasteiger partial charge in [-0.2, -0.15) is 12.7 Å². The molecule has 2 aromatic rings. The van der Waals surface area contributed by atoms with Gasteiger partial charge in [-0.05, 0) is 41.8 Å². The first-order valence-corrected chi connectivity index (χ1v) is 8.47. The summed E-state index contributed by atoms with van der Waals surface area (Å²) >= 11 is 5.80. The molecule has 0 amide bonds. The van der Waals surface area contributed by atoms with Crippen LogP contribution in [-0.4, -0.2) is 19.3 Å². The molecule has 0 spiro atoms. The lowest BCUT2D eigenvalue weighted by Crippen LogP contribution is -2.39. The first-order valence-electron chi connectivity index (χ1n) is 6.65. The van der Waals surface area contributed by atoms with E-state index in [1.54, 1.807) is 24.3 Å². The van der Waals surface area contributed by atoms with Gasteiger partial charge in [0.25, 0.3) is 0 Å². The minimum Gasteiger partial charge on any atom is -0.271 e. The van der Waals surface area contributed by atoms with Crippen LogP contribution in [0.5, 0.6) is 0 Å². The number of nitrogens with one attached hydrogen (secondary N) is 1. The maximum Gasteiger partial charge on any atom is 0.301 e. The molecule has 2 aromatic carbocycles. The first kappa shape index (κ1) is 14.4. The van der Waals surface area contributed by atoms with Gasteiger partial charge in [-0.25, -0.2) is 0 Å². The van der Waals surface area contributed by atoms with Gasteiger partial charge in [-0.3, -0.25) is 4.72 Å². The van der Waals surface area contributed by atoms with E-state index in [-0.39, 0.29) is 0 Å². The topological polar surface area (TPSA) is 49.4 Å². The van der Waals surface area contributed by atoms with Crippen LogP contribution in [0.3, 0.4) is 0 Å². The predicted molar refractivity (Wildman–Crippen MR) is 84.6 cm³/mol. The van der Waals surface area contributed by atoms with Crippen molar-refractivity contribution in [2.45, 2.75) is 13.0 Å². The summed E-state index contributed by atoms with van der Waals surface area (Å²) in [5.41, 5.74) is 2.79. The van der Waals surface area contributed by atoms with Gasteiger partial charge in [0.05, 0.1) is 0 Å². The second-order valence-electron chi connectivity index (χ2n) is 4.97. The van der Waals surface area contributed by atoms with Gasteiger partial charge in [0.2, 0.25) is 0 Å². The van der Waals surface area contributed by atoms with Crippen LogP contribution in [0.15, 0.2) is 48.5 Å². The Hall–Kier alpha value is -1.56. The van der Waals surface area contributed by atoms with Crippen LogP contribution < -0.4 is 4.72 Å². The predicted octanol–water partition coefficient (Wildman–Crippen LogP) is 3.06. The minimum atomic E-state index is -3.55. The monoisotopic (exact) mass is 322 g/mol. The van der Waals surface area contributed by atoms with Crippen LogP contribution in [0, 0.1) is 0 Å². The highest BCUT2D eigenvalue weighted by Crippen LogP contribution is 2.22. The zero-order chi connectivity index (χ0) is 14.9. The Morgan fingerprint density at radius 1 is 1.00 bits per heavy atom. The SMILES string of the molecule is O=S(=O)(Nc1ccc(Cl)cc1)N1CCc2ccccc2C1. The third-order valence-corrected chi connectivity index (χ3v) is 5.26. The van der Waals surface area contributed by atoms with Crippen LogP contribution in [0.25, 0.3) is 0 Å². The van der Waals surface area contributed by atoms with Gasteiger partial charge in [-0.15, -0.1) is 0 Å². The summed E-state index contributed by atoms with van der Waals surface area (Å²) in [4.78, 5) is 0. The quantitative estimate of drug-likeness (QED) is 0.944. The molecule has 3 rings (SSSR count). The first-order chi connectivity index (χ1) is 10.0. The molecule has 0 atom stereocenters. The Morgan fingerprint density at radius 3 is 2.38 bits per heavy atom. The van der Waals surface area contributed by atoms with Crippen LogP contribution in [0.4, 0.5) is 5.69 Å². The maximum absolute atomic E-state index is 12.4. The van der Waals surface area contributed by atoms with Gasteiger partial charge < -0.3 is 0 Å². The summed E-state index contributed by atoms with van der Waals surface area (Å²) in [5, 5.41) is 0.574. The van der Waals surface area contributed by atoms with E-state index < -0.39 is 10.2 Å². The molecule has 0 unspecified atom stereocenters. The molecule has 0 aliphatic carbocycles. The van der Waals surface area contributed by atoms with Crippen molar-refractivity contribution in [2.24, 2.45) is 0 Å². The summed E-state index contributed by atoms with van der Waals surface area (Å²) in [7, 11) is -3.55. The summed E-state index contributed by atoms with van der Waals surface area (Å²) in [5.74, 6) is 0. The molecule has 4 nitrogen and oxygen atoms in total. The normalized spacial score (nSPS) is 15.5. The fourth-order valence-corrected chi connectivity index (χ4v) is 3.74. The average Bonchev–Trinajstić information content (AvgIpc) is 2.49. The van der Waals surface area contributed by atoms with Crippen LogP contribution in [0.1, 0.15) is 11.1 Å². The van der Waals surface area contributed by atoms with Crippen molar-refractivity contribution in [3.63, 3.8) is 0 Å². The molecular formula is C15H15ClN2O2S. The number of hydrogen-bond donors (Lipinski definition) is 1. The number of rotatable bonds is 3. The summed E-state index contributed by atoms with van der Waals surface area (Å²) < 4.78 is 28.9. The maximum atomic E-state index is 12.4. The van der Waals surface area contributed by atoms with E-state index in [2.05, 4.69) is 4.72 Å². The van der Waals surface area contributed by atoms with Crippen LogP contribution >= 0.6 is 11.6 Å². The minimum absolute atomic E-state index is 0.402. The standard InChI is InChI=1S/C15H15ClN2O2S/c16-14-5-7-15(8-6-14)17-21(19,20)18-10-9-12-3-1-2-4-13(12)11-18/h1-8,17H,9-11H2. The molecule has 21 heavy (non-hydrogen) atoms. The van der Waals surface area contributed by atoms with Gasteiger partial charge in [0, 0.05) is 23.8 Å². The van der Waals surface area contributed by atoms with Crippen molar-refractivity contribution in [3.8, 4) is 0 Å². The van der Waals surface area contributed by atoms with Gasteiger partial charge in [-0.1, -0.05) is 35.9 Å². The lowest BCUT2D eigenvalue weighted by molar-refractivity contribution is 0.394. The lowest BCUT2D eigenvalue weighted by atomic mass is 10.0. The number of halogens is 1. The molecule has 0 saturated heterocycles. The summed E-state index contributed by atoms with van der Waals surface area (Å²) in [6.07, 6.45) is 0.734. The highest BCUT2D eigenvalue weighted by atomic mass is 35.5. The summed E-state index contributed by atoms with van der Waals surface area (Å²) in [6, 6.07) is 14.5. The van der Waals surface area contributed by atoms with E-state index in [1.807, 2.05) is 24.3 Å². The molecule has 1 aliphatic heterocycles. The number of nitrogens with zero attached hydrogens (tertiary/aromatic N) is 1. The molecule has 6 heteroatoms. The average molecular weight is 323 g/mol. The molecule has 0 bridgehead atoms. The van der Waals surface area contributed by atoms with E-state index in [9.17, 15) is 8.42 Å². The Morgan fingerprint density at radius 2 is 1.67 bits per heavy atom. The number of benzene rings is 2. The van der Waals surface area contributed by atoms with Gasteiger partial charge >= 0.3 is 10.2 Å². The molecule has 110 valence electrons. The van der Waals surface area contributed by atoms with Gasteiger partial charge in [0.1, 0.15) is 0 Å². The Labute approximate surface area is 129 Å². The van der Waals surface area contributed by atoms with Gasteiger partial charge in [0.15, 0.2) is 0 Å². The Balaban J connectivity index is 1.78. The van der Waals surface area contributed by atoms with Crippen molar-refractivity contribution >= 4 is 27.5 Å². The fourth-order valence-electron chi connectivity index (χ4n) is 2.41. The van der Waals surface area contributed by atoms with Crippen molar-refractivity contribution in [1.82, 2.24) is 4.31 Å².